The van der Waals surface area contributed by atoms with Crippen molar-refractivity contribution in [1.82, 2.24) is 9.88 Å². The number of nitrogens with one attached hydrogen (secondary N) is 1. The topological polar surface area (TPSA) is 60.3 Å². The molecular weight excluding hydrogens is 340 g/mol. The third-order valence-electron chi connectivity index (χ3n) is 3.99. The molecule has 0 aliphatic carbocycles. The maximum Gasteiger partial charge on any atom is 0.268 e. The minimum Gasteiger partial charge on any atom is -0.467 e. The number of hydrogen-bond acceptors (Lipinski definition) is 3. The number of nitrogens with zero attached hydrogens (tertiary/aromatic N) is 1. The zero-order valence-corrected chi connectivity index (χ0v) is 14.0. The lowest BCUT2D eigenvalue weighted by Gasteiger charge is -2.10. The third kappa shape index (κ3) is 3.19. The number of rotatable bonds is 5. The van der Waals surface area contributed by atoms with E-state index in [1.165, 1.54) is 0 Å². The Balaban J connectivity index is 1.64. The first-order valence-corrected chi connectivity index (χ1v) is 8.20. The van der Waals surface area contributed by atoms with Crippen LogP contribution < -0.4 is 5.32 Å². The first-order chi connectivity index (χ1) is 12.2. The highest BCUT2D eigenvalue weighted by atomic mass is 35.5. The average molecular weight is 355 g/mol. The minimum atomic E-state index is -0.190. The van der Waals surface area contributed by atoms with Crippen LogP contribution >= 0.6 is 11.6 Å². The van der Waals surface area contributed by atoms with E-state index in [9.17, 15) is 4.79 Å². The summed E-state index contributed by atoms with van der Waals surface area (Å²) in [6.45, 7) is 0.850. The molecule has 4 rings (SSSR count). The van der Waals surface area contributed by atoms with E-state index in [0.717, 1.165) is 11.1 Å². The van der Waals surface area contributed by atoms with Gasteiger partial charge in [0, 0.05) is 23.7 Å². The number of benzene rings is 1. The summed E-state index contributed by atoms with van der Waals surface area (Å²) in [6, 6.07) is 14.8. The summed E-state index contributed by atoms with van der Waals surface area (Å²) in [6.07, 6.45) is 3.19. The molecule has 1 N–H and O–H groups in total. The molecule has 0 saturated heterocycles. The van der Waals surface area contributed by atoms with Gasteiger partial charge in [-0.3, -0.25) is 4.79 Å². The first kappa shape index (κ1) is 15.6. The van der Waals surface area contributed by atoms with E-state index in [0.29, 0.717) is 35.1 Å². The van der Waals surface area contributed by atoms with Crippen molar-refractivity contribution >= 4 is 28.6 Å². The molecule has 0 radical (unpaired) electrons. The van der Waals surface area contributed by atoms with E-state index >= 15 is 0 Å². The van der Waals surface area contributed by atoms with Gasteiger partial charge in [0.2, 0.25) is 0 Å². The van der Waals surface area contributed by atoms with Gasteiger partial charge in [-0.25, -0.2) is 0 Å². The van der Waals surface area contributed by atoms with Gasteiger partial charge in [0.15, 0.2) is 5.58 Å². The largest absolute Gasteiger partial charge is 0.467 e. The molecule has 0 saturated carbocycles. The quantitative estimate of drug-likeness (QED) is 0.575. The normalized spacial score (nSPS) is 11.1. The van der Waals surface area contributed by atoms with Gasteiger partial charge >= 0.3 is 0 Å². The van der Waals surface area contributed by atoms with Crippen LogP contribution in [0.5, 0.6) is 0 Å². The van der Waals surface area contributed by atoms with Crippen molar-refractivity contribution in [3.05, 3.63) is 83.1 Å². The Hall–Kier alpha value is -2.92. The monoisotopic (exact) mass is 354 g/mol. The Labute approximate surface area is 148 Å². The summed E-state index contributed by atoms with van der Waals surface area (Å²) >= 11 is 6.07. The predicted molar refractivity (Wildman–Crippen MR) is 94.6 cm³/mol. The molecule has 0 spiro atoms. The number of carbonyl (C=O) groups excluding carboxylic acids is 1. The number of aromatic nitrogens is 1. The molecule has 126 valence electrons. The van der Waals surface area contributed by atoms with Crippen LogP contribution in [0.2, 0.25) is 5.02 Å². The van der Waals surface area contributed by atoms with Crippen molar-refractivity contribution in [3.63, 3.8) is 0 Å². The highest BCUT2D eigenvalue weighted by molar-refractivity contribution is 6.30. The van der Waals surface area contributed by atoms with Crippen LogP contribution in [0.4, 0.5) is 0 Å². The maximum absolute atomic E-state index is 12.6. The van der Waals surface area contributed by atoms with Crippen LogP contribution in [0, 0.1) is 0 Å². The Morgan fingerprint density at radius 2 is 2.00 bits per heavy atom. The third-order valence-corrected chi connectivity index (χ3v) is 4.22. The summed E-state index contributed by atoms with van der Waals surface area (Å²) in [5.74, 6) is 0.509. The summed E-state index contributed by atoms with van der Waals surface area (Å²) < 4.78 is 12.6. The van der Waals surface area contributed by atoms with E-state index in [1.807, 2.05) is 41.0 Å². The highest BCUT2D eigenvalue weighted by Gasteiger charge is 2.18. The van der Waals surface area contributed by atoms with Crippen molar-refractivity contribution in [1.29, 1.82) is 0 Å². The fraction of sp³-hybridized carbons (Fsp3) is 0.105. The van der Waals surface area contributed by atoms with E-state index in [-0.39, 0.29) is 5.91 Å². The molecule has 6 heteroatoms. The Morgan fingerprint density at radius 1 is 1.08 bits per heavy atom. The van der Waals surface area contributed by atoms with Crippen LogP contribution in [0.15, 0.2) is 69.9 Å². The van der Waals surface area contributed by atoms with Crippen molar-refractivity contribution in [2.45, 2.75) is 13.1 Å². The molecule has 1 aromatic carbocycles. The molecule has 0 bridgehead atoms. The van der Waals surface area contributed by atoms with Crippen molar-refractivity contribution < 1.29 is 13.6 Å². The summed E-state index contributed by atoms with van der Waals surface area (Å²) in [5.41, 5.74) is 3.07. The number of hydrogen-bond donors (Lipinski definition) is 1. The number of fused-ring (bicyclic) bond motifs is 1. The molecule has 0 aliphatic heterocycles. The fourth-order valence-corrected chi connectivity index (χ4v) is 3.04. The molecule has 3 heterocycles. The number of carbonyl (C=O) groups is 1. The van der Waals surface area contributed by atoms with Crippen molar-refractivity contribution in [2.24, 2.45) is 0 Å². The molecule has 4 aromatic rings. The second-order valence-electron chi connectivity index (χ2n) is 5.68. The summed E-state index contributed by atoms with van der Waals surface area (Å²) in [7, 11) is 0. The molecule has 0 aliphatic rings. The second-order valence-corrected chi connectivity index (χ2v) is 6.11. The van der Waals surface area contributed by atoms with Gasteiger partial charge in [-0.1, -0.05) is 23.7 Å². The lowest BCUT2D eigenvalue weighted by molar-refractivity contribution is 0.0939. The first-order valence-electron chi connectivity index (χ1n) is 7.82. The zero-order valence-electron chi connectivity index (χ0n) is 13.2. The molecule has 0 atom stereocenters. The predicted octanol–water partition coefficient (Wildman–Crippen LogP) is 4.46. The number of amides is 1. The highest BCUT2D eigenvalue weighted by Crippen LogP contribution is 2.23. The van der Waals surface area contributed by atoms with Gasteiger partial charge in [-0.05, 0) is 29.8 Å². The Kier molecular flexibility index (Phi) is 4.07. The minimum absolute atomic E-state index is 0.190. The van der Waals surface area contributed by atoms with Crippen LogP contribution in [0.1, 0.15) is 21.8 Å². The SMILES string of the molecule is O=C(NCc1ccco1)c1cc2occc2n1Cc1cccc(Cl)c1. The number of halogens is 1. The van der Waals surface area contributed by atoms with Gasteiger partial charge in [0.1, 0.15) is 11.5 Å². The van der Waals surface area contributed by atoms with Gasteiger partial charge in [-0.2, -0.15) is 0 Å². The van der Waals surface area contributed by atoms with Crippen LogP contribution in [-0.2, 0) is 13.1 Å². The summed E-state index contributed by atoms with van der Waals surface area (Å²) in [4.78, 5) is 12.6. The average Bonchev–Trinajstić information content (AvgIpc) is 3.31. The smallest absolute Gasteiger partial charge is 0.268 e. The van der Waals surface area contributed by atoms with E-state index < -0.39 is 0 Å². The molecular formula is C19H15ClN2O3. The number of furan rings is 2. The van der Waals surface area contributed by atoms with E-state index in [1.54, 1.807) is 24.7 Å². The standard InChI is InChI=1S/C19H15ClN2O3/c20-14-4-1-3-13(9-14)12-22-16-6-8-25-18(16)10-17(22)19(23)21-11-15-5-2-7-24-15/h1-10H,11-12H2,(H,21,23). The maximum atomic E-state index is 12.6. The van der Waals surface area contributed by atoms with Crippen LogP contribution in [-0.4, -0.2) is 10.5 Å². The van der Waals surface area contributed by atoms with Gasteiger partial charge in [0.25, 0.3) is 5.91 Å². The van der Waals surface area contributed by atoms with Gasteiger partial charge in [-0.15, -0.1) is 0 Å². The zero-order chi connectivity index (χ0) is 17.2. The Morgan fingerprint density at radius 3 is 2.80 bits per heavy atom. The van der Waals surface area contributed by atoms with E-state index in [2.05, 4.69) is 5.32 Å². The molecule has 25 heavy (non-hydrogen) atoms. The lowest BCUT2D eigenvalue weighted by atomic mass is 10.2. The van der Waals surface area contributed by atoms with Gasteiger partial charge in [0.05, 0.1) is 24.6 Å². The van der Waals surface area contributed by atoms with Crippen LogP contribution in [0.3, 0.4) is 0 Å². The van der Waals surface area contributed by atoms with Crippen molar-refractivity contribution in [3.8, 4) is 0 Å². The molecule has 1 amide bonds. The molecule has 3 aromatic heterocycles. The van der Waals surface area contributed by atoms with Crippen LogP contribution in [0.25, 0.3) is 11.1 Å². The summed E-state index contributed by atoms with van der Waals surface area (Å²) in [5, 5.41) is 3.53. The van der Waals surface area contributed by atoms with E-state index in [4.69, 9.17) is 20.4 Å². The fourth-order valence-electron chi connectivity index (χ4n) is 2.82. The van der Waals surface area contributed by atoms with Crippen molar-refractivity contribution in [2.75, 3.05) is 0 Å². The Bertz CT molecular complexity index is 1010. The van der Waals surface area contributed by atoms with Gasteiger partial charge < -0.3 is 18.7 Å². The molecule has 5 nitrogen and oxygen atoms in total. The molecule has 0 unspecified atom stereocenters. The second kappa shape index (κ2) is 6.53. The molecule has 0 fully saturated rings. The lowest BCUT2D eigenvalue weighted by Crippen LogP contribution is -2.25.